The number of aliphatic hydroxyl groups excluding tert-OH is 1. The summed E-state index contributed by atoms with van der Waals surface area (Å²) in [6.45, 7) is 13.7. The van der Waals surface area contributed by atoms with Crippen molar-refractivity contribution in [2.24, 2.45) is 20.6 Å². The van der Waals surface area contributed by atoms with E-state index < -0.39 is 0 Å². The minimum Gasteiger partial charge on any atom is -0.462 e. The largest absolute Gasteiger partial charge is 0.462 e. The van der Waals surface area contributed by atoms with Crippen molar-refractivity contribution in [1.82, 2.24) is 0 Å². The van der Waals surface area contributed by atoms with Crippen molar-refractivity contribution in [1.29, 1.82) is 0 Å². The van der Waals surface area contributed by atoms with Crippen LogP contribution in [0, 0.1) is 0 Å². The summed E-state index contributed by atoms with van der Waals surface area (Å²) in [7, 11) is 0. The van der Waals surface area contributed by atoms with Crippen LogP contribution in [0.4, 0.5) is 0 Å². The van der Waals surface area contributed by atoms with Gasteiger partial charge in [0.1, 0.15) is 18.4 Å². The molecule has 0 amide bonds. The summed E-state index contributed by atoms with van der Waals surface area (Å²) in [6.07, 6.45) is 4.22. The molecule has 0 saturated carbocycles. The van der Waals surface area contributed by atoms with Gasteiger partial charge in [-0.15, -0.1) is 5.16 Å². The molecule has 2 unspecified atom stereocenters. The molecule has 0 aromatic rings. The third-order valence-corrected chi connectivity index (χ3v) is 3.17. The Labute approximate surface area is 210 Å². The van der Waals surface area contributed by atoms with Gasteiger partial charge in [0.25, 0.3) is 0 Å². The van der Waals surface area contributed by atoms with Gasteiger partial charge in [-0.2, -0.15) is 0 Å². The fourth-order valence-electron chi connectivity index (χ4n) is 1.71. The van der Waals surface area contributed by atoms with Crippen molar-refractivity contribution in [2.45, 2.75) is 66.6 Å². The minimum absolute atomic E-state index is 0.0703. The molecule has 0 aliphatic carbocycles. The van der Waals surface area contributed by atoms with Crippen molar-refractivity contribution in [2.75, 3.05) is 19.8 Å². The molecule has 2 aliphatic rings. The van der Waals surface area contributed by atoms with E-state index >= 15 is 0 Å². The molecule has 202 valence electrons. The van der Waals surface area contributed by atoms with E-state index in [1.165, 1.54) is 33.1 Å². The molecule has 3 N–H and O–H groups in total. The normalized spacial score (nSPS) is 17.5. The van der Waals surface area contributed by atoms with Crippen LogP contribution in [0.3, 0.4) is 0 Å². The second kappa shape index (κ2) is 25.4. The van der Waals surface area contributed by atoms with Gasteiger partial charge in [-0.05, 0) is 27.7 Å². The monoisotopic (exact) mass is 524 g/mol. The fraction of sp³-hybridized carbons (Fsp3) is 0.619. The van der Waals surface area contributed by atoms with Gasteiger partial charge in [-0.1, -0.05) is 39.7 Å². The average Bonchev–Trinajstić information content (AvgIpc) is 3.45. The number of rotatable bonds is 5. The van der Waals surface area contributed by atoms with Crippen LogP contribution < -0.4 is 0 Å². The molecule has 0 aromatic carbocycles. The zero-order chi connectivity index (χ0) is 27.6. The van der Waals surface area contributed by atoms with Gasteiger partial charge >= 0.3 is 11.9 Å². The second-order valence-corrected chi connectivity index (χ2v) is 7.11. The molecular formula is C21H37ClN4O9. The number of oxime groups is 4. The third kappa shape index (κ3) is 30.8. The Morgan fingerprint density at radius 2 is 1.51 bits per heavy atom. The van der Waals surface area contributed by atoms with E-state index in [2.05, 4.69) is 31.9 Å². The molecule has 13 nitrogen and oxygen atoms in total. The van der Waals surface area contributed by atoms with Crippen LogP contribution in [0.15, 0.2) is 33.3 Å². The van der Waals surface area contributed by atoms with Crippen LogP contribution in [-0.4, -0.2) is 82.3 Å². The zero-order valence-corrected chi connectivity index (χ0v) is 21.8. The summed E-state index contributed by atoms with van der Waals surface area (Å²) in [5, 5.41) is 36.2. The Balaban J connectivity index is -0.000000384. The maximum absolute atomic E-state index is 10.4. The fourth-order valence-corrected chi connectivity index (χ4v) is 1.71. The van der Waals surface area contributed by atoms with Gasteiger partial charge in [0.05, 0.1) is 18.0 Å². The van der Waals surface area contributed by atoms with Crippen molar-refractivity contribution < 1.29 is 44.3 Å². The Bertz CT molecular complexity index is 705. The van der Waals surface area contributed by atoms with E-state index in [0.29, 0.717) is 13.2 Å². The summed E-state index contributed by atoms with van der Waals surface area (Å²) in [4.78, 5) is 30.0. The molecule has 14 heteroatoms. The molecule has 0 spiro atoms. The number of carbonyl (C=O) groups is 2. The van der Waals surface area contributed by atoms with Gasteiger partial charge in [0.2, 0.25) is 0 Å². The highest BCUT2D eigenvalue weighted by molar-refractivity contribution is 6.64. The van der Waals surface area contributed by atoms with Gasteiger partial charge in [-0.3, -0.25) is 9.59 Å². The van der Waals surface area contributed by atoms with Gasteiger partial charge in [0, 0.05) is 32.9 Å². The standard InChI is InChI=1S/C7H11NO3.C5H9NO2.C5H8O2.C2H4ClNO.C2H5NO/c1-5-3-7(11-8-5)4-10-6(2)9;1-4-2-5(3-7)8-6-4;1-3-4-7-5(2)6;1-2(3)4-5;1-2-3-4/h7H,3-4H2,1-2H3;5,7H,2-3H2,1H3;3H,1,4H2,2H3;5H,1H3;2,4H,1H3/b;;;4-2-;3-2+. The summed E-state index contributed by atoms with van der Waals surface area (Å²) in [5.74, 6) is -0.543. The number of carbonyl (C=O) groups excluding carboxylic acids is 2. The predicted octanol–water partition coefficient (Wildman–Crippen LogP) is 3.09. The lowest BCUT2D eigenvalue weighted by Gasteiger charge is -2.06. The molecule has 2 rings (SSSR count). The van der Waals surface area contributed by atoms with Gasteiger partial charge in [-0.25, -0.2) is 0 Å². The molecule has 2 aliphatic heterocycles. The number of aliphatic hydroxyl groups is 1. The highest BCUT2D eigenvalue weighted by Crippen LogP contribution is 2.10. The maximum atomic E-state index is 10.4. The lowest BCUT2D eigenvalue weighted by molar-refractivity contribution is -0.144. The number of esters is 2. The Morgan fingerprint density at radius 1 is 1.09 bits per heavy atom. The first-order chi connectivity index (χ1) is 16.5. The predicted molar refractivity (Wildman–Crippen MR) is 132 cm³/mol. The molecule has 0 fully saturated rings. The molecule has 2 heterocycles. The van der Waals surface area contributed by atoms with Crippen molar-refractivity contribution in [3.63, 3.8) is 0 Å². The van der Waals surface area contributed by atoms with E-state index in [1.54, 1.807) is 6.92 Å². The van der Waals surface area contributed by atoms with Crippen molar-refractivity contribution in [3.05, 3.63) is 12.7 Å². The van der Waals surface area contributed by atoms with Gasteiger partial charge in [0.15, 0.2) is 12.2 Å². The summed E-state index contributed by atoms with van der Waals surface area (Å²) in [5.41, 5.74) is 1.91. The Morgan fingerprint density at radius 3 is 1.71 bits per heavy atom. The topological polar surface area (TPSA) is 181 Å². The molecule has 0 saturated heterocycles. The third-order valence-electron chi connectivity index (χ3n) is 3.10. The van der Waals surface area contributed by atoms with E-state index in [1.807, 2.05) is 13.8 Å². The van der Waals surface area contributed by atoms with Crippen LogP contribution in [0.5, 0.6) is 0 Å². The van der Waals surface area contributed by atoms with E-state index in [-0.39, 0.29) is 35.9 Å². The minimum atomic E-state index is -0.279. The Kier molecular flexibility index (Phi) is 26.4. The number of hydrogen-bond acceptors (Lipinski definition) is 13. The van der Waals surface area contributed by atoms with Crippen molar-refractivity contribution >= 4 is 46.3 Å². The van der Waals surface area contributed by atoms with E-state index in [0.717, 1.165) is 24.3 Å². The van der Waals surface area contributed by atoms with Crippen LogP contribution in [0.2, 0.25) is 0 Å². The highest BCUT2D eigenvalue weighted by Gasteiger charge is 2.18. The van der Waals surface area contributed by atoms with Gasteiger partial charge < -0.3 is 34.7 Å². The maximum Gasteiger partial charge on any atom is 0.302 e. The average molecular weight is 525 g/mol. The SMILES string of the molecule is C/C(Cl)=N/O.C/C=N/O.C=CCOC(C)=O.CC(=O)OCC1CC(C)=NO1.CC1=NOC(CO)C1. The summed E-state index contributed by atoms with van der Waals surface area (Å²) >= 11 is 4.96. The highest BCUT2D eigenvalue weighted by atomic mass is 35.5. The summed E-state index contributed by atoms with van der Waals surface area (Å²) < 4.78 is 9.17. The number of ether oxygens (including phenoxy) is 2. The Hall–Kier alpha value is -3.19. The lowest BCUT2D eigenvalue weighted by atomic mass is 10.2. The van der Waals surface area contributed by atoms with Crippen LogP contribution >= 0.6 is 11.6 Å². The van der Waals surface area contributed by atoms with Crippen molar-refractivity contribution in [3.8, 4) is 0 Å². The lowest BCUT2D eigenvalue weighted by Crippen LogP contribution is -2.17. The zero-order valence-electron chi connectivity index (χ0n) is 21.0. The number of halogens is 1. The summed E-state index contributed by atoms with van der Waals surface area (Å²) in [6, 6.07) is 0. The van der Waals surface area contributed by atoms with Crippen LogP contribution in [-0.2, 0) is 28.7 Å². The van der Waals surface area contributed by atoms with E-state index in [4.69, 9.17) is 41.5 Å². The molecule has 0 radical (unpaired) electrons. The number of hydrogen-bond donors (Lipinski definition) is 3. The molecule has 0 aromatic heterocycles. The molecule has 2 atom stereocenters. The smallest absolute Gasteiger partial charge is 0.302 e. The van der Waals surface area contributed by atoms with E-state index in [9.17, 15) is 9.59 Å². The van der Waals surface area contributed by atoms with Crippen LogP contribution in [0.1, 0.15) is 54.4 Å². The second-order valence-electron chi connectivity index (χ2n) is 6.56. The van der Waals surface area contributed by atoms with Crippen LogP contribution in [0.25, 0.3) is 0 Å². The first-order valence-corrected chi connectivity index (χ1v) is 10.7. The molecule has 35 heavy (non-hydrogen) atoms. The molecule has 0 bridgehead atoms. The first-order valence-electron chi connectivity index (χ1n) is 10.3. The molecular weight excluding hydrogens is 488 g/mol. The number of nitrogens with zero attached hydrogens (tertiary/aromatic N) is 4. The first kappa shape index (κ1) is 36.4. The quantitative estimate of drug-likeness (QED) is 0.160.